The van der Waals surface area contributed by atoms with Crippen molar-refractivity contribution >= 4 is 5.82 Å². The molecule has 0 spiro atoms. The fourth-order valence-electron chi connectivity index (χ4n) is 1.08. The summed E-state index contributed by atoms with van der Waals surface area (Å²) in [6.45, 7) is 1.76. The topological polar surface area (TPSA) is 61.0 Å². The third-order valence-electron chi connectivity index (χ3n) is 1.78. The van der Waals surface area contributed by atoms with Crippen LogP contribution in [-0.2, 0) is 0 Å². The predicted octanol–water partition coefficient (Wildman–Crippen LogP) is 0.133. The second kappa shape index (κ2) is 5.39. The van der Waals surface area contributed by atoms with E-state index >= 15 is 0 Å². The molecule has 0 radical (unpaired) electrons. The molecule has 0 unspecified atom stereocenters. The largest absolute Gasteiger partial charge is 0.365 e. The van der Waals surface area contributed by atoms with E-state index in [1.165, 1.54) is 6.20 Å². The first-order valence-electron chi connectivity index (χ1n) is 4.62. The van der Waals surface area contributed by atoms with Crippen LogP contribution >= 0.6 is 0 Å². The van der Waals surface area contributed by atoms with Crippen LogP contribution in [-0.4, -0.2) is 42.1 Å². The minimum atomic E-state index is -0.169. The van der Waals surface area contributed by atoms with Crippen molar-refractivity contribution in [3.63, 3.8) is 0 Å². The molecular weight excluding hydrogens is 180 g/mol. The predicted molar refractivity (Wildman–Crippen MR) is 56.5 cm³/mol. The lowest BCUT2D eigenvalue weighted by Crippen LogP contribution is -2.20. The average Bonchev–Trinajstić information content (AvgIpc) is 2.15. The van der Waals surface area contributed by atoms with E-state index in [9.17, 15) is 4.79 Å². The first kappa shape index (κ1) is 10.7. The molecule has 0 bridgehead atoms. The summed E-state index contributed by atoms with van der Waals surface area (Å²) in [6.07, 6.45) is 4.08. The van der Waals surface area contributed by atoms with Crippen molar-refractivity contribution in [1.29, 1.82) is 0 Å². The smallest absolute Gasteiger partial charge is 0.290 e. The van der Waals surface area contributed by atoms with Gasteiger partial charge in [0.2, 0.25) is 0 Å². The highest BCUT2D eigenvalue weighted by atomic mass is 16.1. The molecule has 1 aromatic rings. The van der Waals surface area contributed by atoms with Gasteiger partial charge in [0.05, 0.1) is 0 Å². The zero-order chi connectivity index (χ0) is 10.4. The first-order chi connectivity index (χ1) is 6.70. The summed E-state index contributed by atoms with van der Waals surface area (Å²) < 4.78 is 0. The van der Waals surface area contributed by atoms with Gasteiger partial charge in [0.15, 0.2) is 5.82 Å². The standard InChI is InChI=1S/C9H16N4O/c1-13(2)7-3-4-10-8-9(14)12-6-5-11-8/h5-6H,3-4,7H2,1-2H3,(H,10,11)(H,12,14). The minimum absolute atomic E-state index is 0.169. The molecule has 78 valence electrons. The monoisotopic (exact) mass is 196 g/mol. The molecule has 5 heteroatoms. The van der Waals surface area contributed by atoms with Crippen molar-refractivity contribution in [1.82, 2.24) is 14.9 Å². The Bertz CT molecular complexity index is 321. The molecule has 0 saturated carbocycles. The number of aromatic nitrogens is 2. The van der Waals surface area contributed by atoms with Crippen molar-refractivity contribution in [2.75, 3.05) is 32.5 Å². The van der Waals surface area contributed by atoms with Crippen molar-refractivity contribution < 1.29 is 0 Å². The van der Waals surface area contributed by atoms with Gasteiger partial charge in [-0.1, -0.05) is 0 Å². The second-order valence-corrected chi connectivity index (χ2v) is 3.35. The second-order valence-electron chi connectivity index (χ2n) is 3.35. The Morgan fingerprint density at radius 2 is 2.36 bits per heavy atom. The molecular formula is C9H16N4O. The summed E-state index contributed by atoms with van der Waals surface area (Å²) in [5.74, 6) is 0.395. The maximum Gasteiger partial charge on any atom is 0.290 e. The van der Waals surface area contributed by atoms with E-state index in [2.05, 4.69) is 20.2 Å². The number of nitrogens with zero attached hydrogens (tertiary/aromatic N) is 2. The maximum atomic E-state index is 11.2. The molecule has 5 nitrogen and oxygen atoms in total. The van der Waals surface area contributed by atoms with E-state index in [1.807, 2.05) is 14.1 Å². The summed E-state index contributed by atoms with van der Waals surface area (Å²) in [5.41, 5.74) is -0.169. The van der Waals surface area contributed by atoms with Gasteiger partial charge in [-0.3, -0.25) is 4.79 Å². The average molecular weight is 196 g/mol. The van der Waals surface area contributed by atoms with Gasteiger partial charge in [-0.2, -0.15) is 0 Å². The van der Waals surface area contributed by atoms with Crippen LogP contribution in [0, 0.1) is 0 Å². The summed E-state index contributed by atoms with van der Waals surface area (Å²) in [4.78, 5) is 19.7. The number of anilines is 1. The quantitative estimate of drug-likeness (QED) is 0.657. The molecule has 0 aliphatic heterocycles. The first-order valence-corrected chi connectivity index (χ1v) is 4.62. The van der Waals surface area contributed by atoms with Gasteiger partial charge in [-0.25, -0.2) is 4.98 Å². The molecule has 1 heterocycles. The zero-order valence-electron chi connectivity index (χ0n) is 8.58. The van der Waals surface area contributed by atoms with Gasteiger partial charge < -0.3 is 15.2 Å². The van der Waals surface area contributed by atoms with E-state index in [1.54, 1.807) is 6.20 Å². The molecule has 0 amide bonds. The van der Waals surface area contributed by atoms with Crippen molar-refractivity contribution in [2.24, 2.45) is 0 Å². The van der Waals surface area contributed by atoms with Crippen LogP contribution in [0.15, 0.2) is 17.2 Å². The van der Waals surface area contributed by atoms with Gasteiger partial charge in [0, 0.05) is 18.9 Å². The highest BCUT2D eigenvalue weighted by molar-refractivity contribution is 5.29. The molecule has 0 fully saturated rings. The Morgan fingerprint density at radius 1 is 1.57 bits per heavy atom. The van der Waals surface area contributed by atoms with Crippen molar-refractivity contribution in [2.45, 2.75) is 6.42 Å². The Balaban J connectivity index is 2.32. The van der Waals surface area contributed by atoms with Gasteiger partial charge in [-0.15, -0.1) is 0 Å². The van der Waals surface area contributed by atoms with E-state index in [0.717, 1.165) is 19.5 Å². The molecule has 0 aromatic carbocycles. The summed E-state index contributed by atoms with van der Waals surface area (Å²) in [7, 11) is 4.04. The fraction of sp³-hybridized carbons (Fsp3) is 0.556. The van der Waals surface area contributed by atoms with Crippen LogP contribution in [0.3, 0.4) is 0 Å². The molecule has 14 heavy (non-hydrogen) atoms. The number of hydrogen-bond acceptors (Lipinski definition) is 4. The van der Waals surface area contributed by atoms with Gasteiger partial charge >= 0.3 is 0 Å². The number of aromatic amines is 1. The minimum Gasteiger partial charge on any atom is -0.365 e. The number of rotatable bonds is 5. The molecule has 0 saturated heterocycles. The number of H-pyrrole nitrogens is 1. The molecule has 0 atom stereocenters. The molecule has 1 rings (SSSR count). The van der Waals surface area contributed by atoms with Gasteiger partial charge in [0.25, 0.3) is 5.56 Å². The van der Waals surface area contributed by atoms with Crippen LogP contribution in [0.5, 0.6) is 0 Å². The Morgan fingerprint density at radius 3 is 3.00 bits per heavy atom. The van der Waals surface area contributed by atoms with Gasteiger partial charge in [-0.05, 0) is 27.1 Å². The third-order valence-corrected chi connectivity index (χ3v) is 1.78. The number of nitrogens with one attached hydrogen (secondary N) is 2. The highest BCUT2D eigenvalue weighted by Crippen LogP contribution is 1.90. The normalized spacial score (nSPS) is 10.5. The van der Waals surface area contributed by atoms with E-state index in [4.69, 9.17) is 0 Å². The van der Waals surface area contributed by atoms with E-state index in [0.29, 0.717) is 5.82 Å². The lowest BCUT2D eigenvalue weighted by atomic mass is 10.4. The SMILES string of the molecule is CN(C)CCCNc1ncc[nH]c1=O. The van der Waals surface area contributed by atoms with E-state index in [-0.39, 0.29) is 5.56 Å². The summed E-state index contributed by atoms with van der Waals surface area (Å²) >= 11 is 0. The summed E-state index contributed by atoms with van der Waals surface area (Å²) in [6, 6.07) is 0. The third kappa shape index (κ3) is 3.57. The van der Waals surface area contributed by atoms with Crippen LogP contribution in [0.2, 0.25) is 0 Å². The maximum absolute atomic E-state index is 11.2. The van der Waals surface area contributed by atoms with Crippen molar-refractivity contribution in [3.8, 4) is 0 Å². The lowest BCUT2D eigenvalue weighted by molar-refractivity contribution is 0.405. The van der Waals surface area contributed by atoms with Crippen molar-refractivity contribution in [3.05, 3.63) is 22.7 Å². The lowest BCUT2D eigenvalue weighted by Gasteiger charge is -2.09. The highest BCUT2D eigenvalue weighted by Gasteiger charge is 1.97. The van der Waals surface area contributed by atoms with Crippen LogP contribution in [0.4, 0.5) is 5.82 Å². The Kier molecular flexibility index (Phi) is 4.12. The van der Waals surface area contributed by atoms with E-state index < -0.39 is 0 Å². The summed E-state index contributed by atoms with van der Waals surface area (Å²) in [5, 5.41) is 2.99. The molecule has 2 N–H and O–H groups in total. The zero-order valence-corrected chi connectivity index (χ0v) is 8.58. The van der Waals surface area contributed by atoms with Crippen LogP contribution in [0.25, 0.3) is 0 Å². The van der Waals surface area contributed by atoms with Crippen LogP contribution in [0.1, 0.15) is 6.42 Å². The molecule has 0 aliphatic rings. The van der Waals surface area contributed by atoms with Crippen LogP contribution < -0.4 is 10.9 Å². The molecule has 1 aromatic heterocycles. The Labute approximate surface area is 83.2 Å². The molecule has 0 aliphatic carbocycles. The number of hydrogen-bond donors (Lipinski definition) is 2. The fourth-order valence-corrected chi connectivity index (χ4v) is 1.08. The van der Waals surface area contributed by atoms with Gasteiger partial charge in [0.1, 0.15) is 0 Å². The Hall–Kier alpha value is -1.36.